The van der Waals surface area contributed by atoms with Crippen molar-refractivity contribution < 1.29 is 9.59 Å². The molecule has 0 saturated heterocycles. The Morgan fingerprint density at radius 1 is 1.07 bits per heavy atom. The Morgan fingerprint density at radius 3 is 2.37 bits per heavy atom. The molecule has 0 heterocycles. The third kappa shape index (κ3) is 6.14. The molecule has 2 rings (SSSR count). The average Bonchev–Trinajstić information content (AvgIpc) is 2.69. The van der Waals surface area contributed by atoms with Crippen molar-refractivity contribution in [3.8, 4) is 0 Å². The van der Waals surface area contributed by atoms with Crippen molar-refractivity contribution in [1.29, 1.82) is 0 Å². The Balaban J connectivity index is 2.11. The summed E-state index contributed by atoms with van der Waals surface area (Å²) in [4.78, 5) is 27.1. The molecule has 1 atom stereocenters. The minimum Gasteiger partial charge on any atom is -0.357 e. The Hall–Kier alpha value is -2.27. The lowest BCUT2D eigenvalue weighted by molar-refractivity contribution is -0.139. The van der Waals surface area contributed by atoms with Gasteiger partial charge in [0.2, 0.25) is 11.8 Å². The molecule has 2 aromatic rings. The van der Waals surface area contributed by atoms with Crippen molar-refractivity contribution >= 4 is 23.6 Å². The second-order valence-electron chi connectivity index (χ2n) is 6.46. The van der Waals surface area contributed by atoms with Crippen molar-refractivity contribution in [3.05, 3.63) is 71.3 Å². The molecular weight excluding hydrogens is 356 g/mol. The highest BCUT2D eigenvalue weighted by Gasteiger charge is 2.28. The van der Waals surface area contributed by atoms with Crippen LogP contribution in [0, 0.1) is 6.92 Å². The first-order valence-corrected chi connectivity index (χ1v) is 10.4. The van der Waals surface area contributed by atoms with Crippen LogP contribution < -0.4 is 5.32 Å². The van der Waals surface area contributed by atoms with Gasteiger partial charge in [-0.2, -0.15) is 0 Å². The highest BCUT2D eigenvalue weighted by molar-refractivity contribution is 7.99. The van der Waals surface area contributed by atoms with Crippen LogP contribution >= 0.6 is 11.8 Å². The fourth-order valence-corrected chi connectivity index (χ4v) is 3.84. The molecular formula is C22H28N2O2S. The van der Waals surface area contributed by atoms with E-state index >= 15 is 0 Å². The third-order valence-electron chi connectivity index (χ3n) is 4.57. The molecule has 0 bridgehead atoms. The molecule has 1 N–H and O–H groups in total. The van der Waals surface area contributed by atoms with Crippen LogP contribution in [-0.4, -0.2) is 35.6 Å². The van der Waals surface area contributed by atoms with E-state index in [1.54, 1.807) is 23.7 Å². The molecule has 0 spiro atoms. The SMILES string of the molecule is CC[C@@H](C(=O)NC)N(Cc1ccccc1C)C(=O)CSCc1ccccc1. The number of nitrogens with one attached hydrogen (secondary N) is 1. The number of hydrogen-bond acceptors (Lipinski definition) is 3. The smallest absolute Gasteiger partial charge is 0.242 e. The van der Waals surface area contributed by atoms with Gasteiger partial charge in [-0.3, -0.25) is 9.59 Å². The maximum absolute atomic E-state index is 13.0. The van der Waals surface area contributed by atoms with Crippen LogP contribution in [0.5, 0.6) is 0 Å². The van der Waals surface area contributed by atoms with Gasteiger partial charge in [-0.05, 0) is 30.0 Å². The first-order chi connectivity index (χ1) is 13.1. The van der Waals surface area contributed by atoms with Gasteiger partial charge in [0.05, 0.1) is 5.75 Å². The average molecular weight is 385 g/mol. The molecule has 0 unspecified atom stereocenters. The third-order valence-corrected chi connectivity index (χ3v) is 5.56. The maximum Gasteiger partial charge on any atom is 0.242 e. The Bertz CT molecular complexity index is 749. The van der Waals surface area contributed by atoms with Gasteiger partial charge >= 0.3 is 0 Å². The van der Waals surface area contributed by atoms with Crippen molar-refractivity contribution in [2.75, 3.05) is 12.8 Å². The van der Waals surface area contributed by atoms with E-state index in [9.17, 15) is 9.59 Å². The number of thioether (sulfide) groups is 1. The van der Waals surface area contributed by atoms with E-state index in [-0.39, 0.29) is 11.8 Å². The van der Waals surface area contributed by atoms with Crippen LogP contribution in [0.25, 0.3) is 0 Å². The van der Waals surface area contributed by atoms with E-state index in [0.717, 1.165) is 16.9 Å². The molecule has 2 amide bonds. The minimum absolute atomic E-state index is 0.00497. The molecule has 5 heteroatoms. The van der Waals surface area contributed by atoms with E-state index in [4.69, 9.17) is 0 Å². The van der Waals surface area contributed by atoms with Crippen LogP contribution in [-0.2, 0) is 21.9 Å². The molecule has 0 aliphatic rings. The van der Waals surface area contributed by atoms with Gasteiger partial charge < -0.3 is 10.2 Å². The number of carbonyl (C=O) groups excluding carboxylic acids is 2. The number of hydrogen-bond donors (Lipinski definition) is 1. The number of aryl methyl sites for hydroxylation is 1. The van der Waals surface area contributed by atoms with Crippen LogP contribution in [0.2, 0.25) is 0 Å². The molecule has 0 aliphatic heterocycles. The molecule has 2 aromatic carbocycles. The lowest BCUT2D eigenvalue weighted by atomic mass is 10.1. The maximum atomic E-state index is 13.0. The van der Waals surface area contributed by atoms with Crippen LogP contribution in [0.15, 0.2) is 54.6 Å². The van der Waals surface area contributed by atoms with E-state index < -0.39 is 6.04 Å². The molecule has 0 fully saturated rings. The molecule has 0 aliphatic carbocycles. The standard InChI is InChI=1S/C22H28N2O2S/c1-4-20(22(26)23-3)24(14-19-13-9-8-10-17(19)2)21(25)16-27-15-18-11-6-5-7-12-18/h5-13,20H,4,14-16H2,1-3H3,(H,23,26)/t20-/m0/s1. The summed E-state index contributed by atoms with van der Waals surface area (Å²) in [5.41, 5.74) is 3.39. The quantitative estimate of drug-likeness (QED) is 0.716. The summed E-state index contributed by atoms with van der Waals surface area (Å²) in [6, 6.07) is 17.6. The Kier molecular flexibility index (Phi) is 8.40. The van der Waals surface area contributed by atoms with Crippen molar-refractivity contribution in [1.82, 2.24) is 10.2 Å². The second-order valence-corrected chi connectivity index (χ2v) is 7.45. The van der Waals surface area contributed by atoms with Gasteiger partial charge in [0.25, 0.3) is 0 Å². The molecule has 27 heavy (non-hydrogen) atoms. The van der Waals surface area contributed by atoms with Gasteiger partial charge in [-0.25, -0.2) is 0 Å². The number of nitrogens with zero attached hydrogens (tertiary/aromatic N) is 1. The van der Waals surface area contributed by atoms with Crippen LogP contribution in [0.1, 0.15) is 30.0 Å². The van der Waals surface area contributed by atoms with Gasteiger partial charge in [0.1, 0.15) is 6.04 Å². The number of amides is 2. The van der Waals surface area contributed by atoms with Gasteiger partial charge in [0, 0.05) is 19.3 Å². The van der Waals surface area contributed by atoms with E-state index in [1.807, 2.05) is 56.3 Å². The fraction of sp³-hybridized carbons (Fsp3) is 0.364. The van der Waals surface area contributed by atoms with Crippen LogP contribution in [0.3, 0.4) is 0 Å². The summed E-state index contributed by atoms with van der Waals surface area (Å²) in [5.74, 6) is 1.01. The summed E-state index contributed by atoms with van der Waals surface area (Å²) in [6.07, 6.45) is 0.584. The lowest BCUT2D eigenvalue weighted by Gasteiger charge is -2.30. The Labute approximate surface area is 166 Å². The molecule has 144 valence electrons. The first kappa shape index (κ1) is 21.0. The lowest BCUT2D eigenvalue weighted by Crippen LogP contribution is -2.48. The largest absolute Gasteiger partial charge is 0.357 e. The van der Waals surface area contributed by atoms with Crippen LogP contribution in [0.4, 0.5) is 0 Å². The number of benzene rings is 2. The summed E-state index contributed by atoms with van der Waals surface area (Å²) in [5, 5.41) is 2.69. The van der Waals surface area contributed by atoms with Crippen molar-refractivity contribution in [3.63, 3.8) is 0 Å². The monoisotopic (exact) mass is 384 g/mol. The second kappa shape index (κ2) is 10.8. The normalized spacial score (nSPS) is 11.7. The summed E-state index contributed by atoms with van der Waals surface area (Å²) in [7, 11) is 1.62. The molecule has 0 radical (unpaired) electrons. The number of rotatable bonds is 9. The fourth-order valence-electron chi connectivity index (χ4n) is 2.97. The van der Waals surface area contributed by atoms with E-state index in [2.05, 4.69) is 17.4 Å². The van der Waals surface area contributed by atoms with Gasteiger partial charge in [-0.15, -0.1) is 11.8 Å². The number of likely N-dealkylation sites (N-methyl/N-ethyl adjacent to an activating group) is 1. The predicted octanol–water partition coefficient (Wildman–Crippen LogP) is 3.78. The van der Waals surface area contributed by atoms with E-state index in [1.165, 1.54) is 5.56 Å². The minimum atomic E-state index is -0.459. The zero-order chi connectivity index (χ0) is 19.6. The Morgan fingerprint density at radius 2 is 1.74 bits per heavy atom. The van der Waals surface area contributed by atoms with Crippen molar-refractivity contribution in [2.45, 2.75) is 38.6 Å². The zero-order valence-electron chi connectivity index (χ0n) is 16.3. The predicted molar refractivity (Wildman–Crippen MR) is 112 cm³/mol. The first-order valence-electron chi connectivity index (χ1n) is 9.24. The van der Waals surface area contributed by atoms with Gasteiger partial charge in [0.15, 0.2) is 0 Å². The summed E-state index contributed by atoms with van der Waals surface area (Å²) < 4.78 is 0. The molecule has 4 nitrogen and oxygen atoms in total. The van der Waals surface area contributed by atoms with Crippen molar-refractivity contribution in [2.24, 2.45) is 0 Å². The summed E-state index contributed by atoms with van der Waals surface area (Å²) >= 11 is 1.58. The number of carbonyl (C=O) groups is 2. The molecule has 0 aromatic heterocycles. The van der Waals surface area contributed by atoms with E-state index in [0.29, 0.717) is 18.7 Å². The summed E-state index contributed by atoms with van der Waals surface area (Å²) in [6.45, 7) is 4.42. The molecule has 0 saturated carbocycles. The zero-order valence-corrected chi connectivity index (χ0v) is 17.1. The highest BCUT2D eigenvalue weighted by atomic mass is 32.2. The topological polar surface area (TPSA) is 49.4 Å². The highest BCUT2D eigenvalue weighted by Crippen LogP contribution is 2.18. The van der Waals surface area contributed by atoms with Gasteiger partial charge in [-0.1, -0.05) is 61.5 Å².